The molecule has 2 aliphatic rings. The third-order valence-corrected chi connectivity index (χ3v) is 6.07. The minimum Gasteiger partial charge on any atom is -0.352 e. The number of hydrogen-bond donors (Lipinski definition) is 1. The van der Waals surface area contributed by atoms with E-state index in [1.54, 1.807) is 0 Å². The van der Waals surface area contributed by atoms with Gasteiger partial charge in [0.25, 0.3) is 0 Å². The van der Waals surface area contributed by atoms with Gasteiger partial charge >= 0.3 is 0 Å². The van der Waals surface area contributed by atoms with Crippen molar-refractivity contribution < 1.29 is 4.79 Å². The topological polar surface area (TPSA) is 65.8 Å². The van der Waals surface area contributed by atoms with Gasteiger partial charge in [0.2, 0.25) is 5.91 Å². The van der Waals surface area contributed by atoms with E-state index in [-0.39, 0.29) is 29.9 Å². The molecule has 3 heterocycles. The monoisotopic (exact) mass is 536 g/mol. The summed E-state index contributed by atoms with van der Waals surface area (Å²) in [5.74, 6) is 1.87. The molecule has 2 fully saturated rings. The molecule has 1 aromatic heterocycles. The second-order valence-electron chi connectivity index (χ2n) is 8.47. The van der Waals surface area contributed by atoms with Crippen LogP contribution < -0.4 is 5.32 Å². The molecule has 168 valence electrons. The van der Waals surface area contributed by atoms with E-state index in [4.69, 9.17) is 0 Å². The van der Waals surface area contributed by atoms with Crippen molar-refractivity contribution in [2.24, 2.45) is 18.0 Å². The van der Waals surface area contributed by atoms with E-state index < -0.39 is 0 Å². The number of nitrogens with zero attached hydrogens (tertiary/aromatic N) is 5. The van der Waals surface area contributed by atoms with Crippen molar-refractivity contribution in [1.82, 2.24) is 24.9 Å². The van der Waals surface area contributed by atoms with Gasteiger partial charge in [-0.2, -0.15) is 5.10 Å². The summed E-state index contributed by atoms with van der Waals surface area (Å²) in [4.78, 5) is 20.7. The molecule has 2 aromatic rings. The Kier molecular flexibility index (Phi) is 8.34. The van der Waals surface area contributed by atoms with E-state index >= 15 is 0 Å². The largest absolute Gasteiger partial charge is 0.352 e. The Labute approximate surface area is 201 Å². The van der Waals surface area contributed by atoms with E-state index in [2.05, 4.69) is 50.8 Å². The average molecular weight is 536 g/mol. The van der Waals surface area contributed by atoms with Gasteiger partial charge in [-0.15, -0.1) is 24.0 Å². The molecule has 1 amide bonds. The molecule has 31 heavy (non-hydrogen) atoms. The number of aliphatic imine (C=N–C) groups is 1. The Morgan fingerprint density at radius 3 is 2.81 bits per heavy atom. The van der Waals surface area contributed by atoms with Crippen LogP contribution in [-0.2, 0) is 31.4 Å². The van der Waals surface area contributed by atoms with E-state index in [1.165, 1.54) is 23.1 Å². The third-order valence-electron chi connectivity index (χ3n) is 6.07. The maximum absolute atomic E-state index is 11.9. The first-order valence-corrected chi connectivity index (χ1v) is 10.9. The van der Waals surface area contributed by atoms with Gasteiger partial charge in [-0.25, -0.2) is 0 Å². The first-order valence-electron chi connectivity index (χ1n) is 10.9. The molecule has 0 aliphatic carbocycles. The van der Waals surface area contributed by atoms with Crippen molar-refractivity contribution in [3.63, 3.8) is 0 Å². The standard InChI is InChI=1S/C23H32N6O.HI/c1-24-23(29-10-8-20(17-29)12-21-14-26-27(2)15-21)25-13-18-5-3-6-19(11-18)16-28-9-4-7-22(28)30;/h3,5-6,11,14-15,20H,4,7-10,12-13,16-17H2,1-2H3,(H,24,25);1H. The van der Waals surface area contributed by atoms with Gasteiger partial charge in [-0.05, 0) is 41.9 Å². The zero-order valence-corrected chi connectivity index (χ0v) is 20.8. The van der Waals surface area contributed by atoms with Gasteiger partial charge in [0.1, 0.15) is 0 Å². The molecule has 0 saturated carbocycles. The average Bonchev–Trinajstić information content (AvgIpc) is 3.46. The SMILES string of the molecule is CN=C(NCc1cccc(CN2CCCC2=O)c1)N1CCC(Cc2cnn(C)c2)C1.I. The van der Waals surface area contributed by atoms with Crippen LogP contribution in [-0.4, -0.2) is 58.1 Å². The number of carbonyl (C=O) groups excluding carboxylic acids is 1. The van der Waals surface area contributed by atoms with Gasteiger partial charge in [-0.1, -0.05) is 24.3 Å². The van der Waals surface area contributed by atoms with Crippen molar-refractivity contribution in [3.05, 3.63) is 53.3 Å². The van der Waals surface area contributed by atoms with E-state index in [9.17, 15) is 4.79 Å². The second-order valence-corrected chi connectivity index (χ2v) is 8.47. The minimum absolute atomic E-state index is 0. The number of benzene rings is 1. The van der Waals surface area contributed by atoms with Gasteiger partial charge < -0.3 is 15.1 Å². The fourth-order valence-electron chi connectivity index (χ4n) is 4.55. The Hall–Kier alpha value is -2.10. The van der Waals surface area contributed by atoms with Crippen LogP contribution in [0.4, 0.5) is 0 Å². The molecule has 1 N–H and O–H groups in total. The molecule has 2 saturated heterocycles. The zero-order chi connectivity index (χ0) is 20.9. The van der Waals surface area contributed by atoms with Crippen LogP contribution in [0, 0.1) is 5.92 Å². The lowest BCUT2D eigenvalue weighted by Crippen LogP contribution is -2.39. The number of aryl methyl sites for hydroxylation is 1. The lowest BCUT2D eigenvalue weighted by molar-refractivity contribution is -0.128. The smallest absolute Gasteiger partial charge is 0.222 e. The van der Waals surface area contributed by atoms with Crippen LogP contribution in [0.5, 0.6) is 0 Å². The summed E-state index contributed by atoms with van der Waals surface area (Å²) in [6, 6.07) is 8.51. The van der Waals surface area contributed by atoms with Crippen molar-refractivity contribution in [2.75, 3.05) is 26.7 Å². The lowest BCUT2D eigenvalue weighted by Gasteiger charge is -2.22. The molecule has 2 aliphatic heterocycles. The van der Waals surface area contributed by atoms with Crippen LogP contribution in [0.2, 0.25) is 0 Å². The number of likely N-dealkylation sites (tertiary alicyclic amines) is 2. The van der Waals surface area contributed by atoms with Crippen molar-refractivity contribution >= 4 is 35.8 Å². The van der Waals surface area contributed by atoms with Gasteiger partial charge in [-0.3, -0.25) is 14.5 Å². The number of nitrogens with one attached hydrogen (secondary N) is 1. The molecule has 8 heteroatoms. The summed E-state index contributed by atoms with van der Waals surface area (Å²) in [6.45, 7) is 4.37. The van der Waals surface area contributed by atoms with Crippen LogP contribution >= 0.6 is 24.0 Å². The molecule has 0 radical (unpaired) electrons. The second kappa shape index (κ2) is 11.0. The number of amides is 1. The molecule has 1 atom stereocenters. The summed E-state index contributed by atoms with van der Waals surface area (Å²) in [5.41, 5.74) is 3.71. The highest BCUT2D eigenvalue weighted by atomic mass is 127. The van der Waals surface area contributed by atoms with Crippen LogP contribution in [0.15, 0.2) is 41.7 Å². The Bertz CT molecular complexity index is 911. The first kappa shape index (κ1) is 23.6. The number of hydrogen-bond acceptors (Lipinski definition) is 3. The zero-order valence-electron chi connectivity index (χ0n) is 18.5. The normalized spacial score (nSPS) is 19.1. The lowest BCUT2D eigenvalue weighted by atomic mass is 10.0. The van der Waals surface area contributed by atoms with Crippen molar-refractivity contribution in [1.29, 1.82) is 0 Å². The summed E-state index contributed by atoms with van der Waals surface area (Å²) in [5, 5.41) is 7.81. The van der Waals surface area contributed by atoms with Crippen molar-refractivity contribution in [2.45, 2.75) is 38.8 Å². The molecular weight excluding hydrogens is 503 g/mol. The molecule has 1 unspecified atom stereocenters. The molecule has 4 rings (SSSR count). The number of aromatic nitrogens is 2. The Morgan fingerprint density at radius 2 is 2.10 bits per heavy atom. The Balaban J connectivity index is 0.00000272. The predicted octanol–water partition coefficient (Wildman–Crippen LogP) is 2.80. The first-order chi connectivity index (χ1) is 14.6. The Morgan fingerprint density at radius 1 is 1.26 bits per heavy atom. The summed E-state index contributed by atoms with van der Waals surface area (Å²) >= 11 is 0. The van der Waals surface area contributed by atoms with Crippen LogP contribution in [0.3, 0.4) is 0 Å². The van der Waals surface area contributed by atoms with Crippen LogP contribution in [0.25, 0.3) is 0 Å². The van der Waals surface area contributed by atoms with E-state index in [1.807, 2.05) is 29.9 Å². The highest BCUT2D eigenvalue weighted by Gasteiger charge is 2.25. The number of guanidine groups is 1. The fourth-order valence-corrected chi connectivity index (χ4v) is 4.55. The third kappa shape index (κ3) is 6.21. The molecular formula is C23H33IN6O. The van der Waals surface area contributed by atoms with Gasteiger partial charge in [0, 0.05) is 59.4 Å². The van der Waals surface area contributed by atoms with E-state index in [0.717, 1.165) is 45.0 Å². The summed E-state index contributed by atoms with van der Waals surface area (Å²) in [7, 11) is 3.82. The fraction of sp³-hybridized carbons (Fsp3) is 0.522. The minimum atomic E-state index is 0. The van der Waals surface area contributed by atoms with E-state index in [0.29, 0.717) is 18.9 Å². The van der Waals surface area contributed by atoms with Crippen molar-refractivity contribution in [3.8, 4) is 0 Å². The maximum Gasteiger partial charge on any atom is 0.222 e. The van der Waals surface area contributed by atoms with Gasteiger partial charge in [0.15, 0.2) is 5.96 Å². The predicted molar refractivity (Wildman–Crippen MR) is 133 cm³/mol. The van der Waals surface area contributed by atoms with Crippen LogP contribution in [0.1, 0.15) is 36.0 Å². The number of halogens is 1. The number of rotatable bonds is 6. The maximum atomic E-state index is 11.9. The highest BCUT2D eigenvalue weighted by Crippen LogP contribution is 2.21. The quantitative estimate of drug-likeness (QED) is 0.351. The molecule has 1 aromatic carbocycles. The molecule has 0 spiro atoms. The molecule has 0 bridgehead atoms. The van der Waals surface area contributed by atoms with Gasteiger partial charge in [0.05, 0.1) is 6.20 Å². The summed E-state index contributed by atoms with van der Waals surface area (Å²) < 4.78 is 1.87. The number of carbonyl (C=O) groups is 1. The summed E-state index contributed by atoms with van der Waals surface area (Å²) in [6.07, 6.45) is 7.99. The molecule has 7 nitrogen and oxygen atoms in total. The highest BCUT2D eigenvalue weighted by molar-refractivity contribution is 14.0.